The summed E-state index contributed by atoms with van der Waals surface area (Å²) >= 11 is 0. The summed E-state index contributed by atoms with van der Waals surface area (Å²) in [5.74, 6) is -0.300. The summed E-state index contributed by atoms with van der Waals surface area (Å²) in [7, 11) is 1.39. The summed E-state index contributed by atoms with van der Waals surface area (Å²) in [6.45, 7) is 1.89. The van der Waals surface area contributed by atoms with Crippen molar-refractivity contribution in [1.82, 2.24) is 4.57 Å². The molecular weight excluding hydrogens is 202 g/mol. The van der Waals surface area contributed by atoms with Crippen LogP contribution in [0.15, 0.2) is 42.7 Å². The lowest BCUT2D eigenvalue weighted by molar-refractivity contribution is 0.0600. The third-order valence-electron chi connectivity index (χ3n) is 2.53. The minimum atomic E-state index is -0.300. The zero-order valence-corrected chi connectivity index (χ0v) is 9.31. The predicted molar refractivity (Wildman–Crippen MR) is 61.8 cm³/mol. The highest BCUT2D eigenvalue weighted by Crippen LogP contribution is 2.15. The van der Waals surface area contributed by atoms with Crippen molar-refractivity contribution in [2.45, 2.75) is 6.92 Å². The minimum Gasteiger partial charge on any atom is -0.465 e. The van der Waals surface area contributed by atoms with Crippen LogP contribution < -0.4 is 0 Å². The van der Waals surface area contributed by atoms with Crippen LogP contribution >= 0.6 is 0 Å². The molecule has 0 aliphatic rings. The fourth-order valence-electron chi connectivity index (χ4n) is 1.61. The van der Waals surface area contributed by atoms with Gasteiger partial charge in [-0.3, -0.25) is 0 Å². The smallest absolute Gasteiger partial charge is 0.338 e. The molecule has 3 nitrogen and oxygen atoms in total. The van der Waals surface area contributed by atoms with Crippen molar-refractivity contribution in [1.29, 1.82) is 0 Å². The summed E-state index contributed by atoms with van der Waals surface area (Å²) in [5, 5.41) is 0. The van der Waals surface area contributed by atoms with Gasteiger partial charge in [0.1, 0.15) is 0 Å². The quantitative estimate of drug-likeness (QED) is 0.721. The van der Waals surface area contributed by atoms with E-state index in [9.17, 15) is 4.79 Å². The van der Waals surface area contributed by atoms with Crippen LogP contribution in [-0.4, -0.2) is 17.6 Å². The Labute approximate surface area is 94.3 Å². The fraction of sp³-hybridized carbons (Fsp3) is 0.154. The molecule has 2 rings (SSSR count). The first-order valence-corrected chi connectivity index (χ1v) is 5.04. The molecule has 0 bridgehead atoms. The maximum atomic E-state index is 11.5. The SMILES string of the molecule is COC(=O)c1cc(-n2cccc2)ccc1C. The summed E-state index contributed by atoms with van der Waals surface area (Å²) in [4.78, 5) is 11.5. The molecule has 0 spiro atoms. The molecule has 82 valence electrons. The van der Waals surface area contributed by atoms with Crippen LogP contribution in [0.2, 0.25) is 0 Å². The van der Waals surface area contributed by atoms with Crippen molar-refractivity contribution in [2.24, 2.45) is 0 Å². The average molecular weight is 215 g/mol. The first-order valence-electron chi connectivity index (χ1n) is 5.04. The topological polar surface area (TPSA) is 31.2 Å². The van der Waals surface area contributed by atoms with E-state index in [-0.39, 0.29) is 5.97 Å². The average Bonchev–Trinajstić information content (AvgIpc) is 2.82. The molecule has 0 N–H and O–H groups in total. The van der Waals surface area contributed by atoms with Crippen molar-refractivity contribution < 1.29 is 9.53 Å². The van der Waals surface area contributed by atoms with Crippen molar-refractivity contribution in [3.63, 3.8) is 0 Å². The first-order chi connectivity index (χ1) is 7.72. The monoisotopic (exact) mass is 215 g/mol. The van der Waals surface area contributed by atoms with Gasteiger partial charge in [0.2, 0.25) is 0 Å². The molecule has 16 heavy (non-hydrogen) atoms. The fourth-order valence-corrected chi connectivity index (χ4v) is 1.61. The van der Waals surface area contributed by atoms with E-state index in [0.29, 0.717) is 5.56 Å². The lowest BCUT2D eigenvalue weighted by atomic mass is 10.1. The Hall–Kier alpha value is -2.03. The molecule has 0 amide bonds. The molecule has 2 aromatic rings. The van der Waals surface area contributed by atoms with Crippen LogP contribution in [0.25, 0.3) is 5.69 Å². The van der Waals surface area contributed by atoms with Gasteiger partial charge in [-0.25, -0.2) is 4.79 Å². The van der Waals surface area contributed by atoms with Crippen LogP contribution in [-0.2, 0) is 4.74 Å². The summed E-state index contributed by atoms with van der Waals surface area (Å²) in [6.07, 6.45) is 3.87. The highest BCUT2D eigenvalue weighted by atomic mass is 16.5. The number of ether oxygens (including phenoxy) is 1. The Bertz CT molecular complexity index is 501. The molecule has 0 fully saturated rings. The molecule has 0 saturated heterocycles. The molecule has 0 unspecified atom stereocenters. The van der Waals surface area contributed by atoms with Gasteiger partial charge >= 0.3 is 5.97 Å². The first kappa shape index (κ1) is 10.5. The van der Waals surface area contributed by atoms with E-state index in [4.69, 9.17) is 4.74 Å². The molecular formula is C13H13NO2. The third-order valence-corrected chi connectivity index (χ3v) is 2.53. The van der Waals surface area contributed by atoms with Crippen LogP contribution in [0.1, 0.15) is 15.9 Å². The predicted octanol–water partition coefficient (Wildman–Crippen LogP) is 2.57. The lowest BCUT2D eigenvalue weighted by Crippen LogP contribution is -2.05. The van der Waals surface area contributed by atoms with Gasteiger partial charge in [-0.15, -0.1) is 0 Å². The van der Waals surface area contributed by atoms with Gasteiger partial charge in [0, 0.05) is 18.1 Å². The van der Waals surface area contributed by atoms with Crippen molar-refractivity contribution in [3.8, 4) is 5.69 Å². The van der Waals surface area contributed by atoms with E-state index >= 15 is 0 Å². The Morgan fingerprint density at radius 2 is 1.94 bits per heavy atom. The number of carbonyl (C=O) groups excluding carboxylic acids is 1. The summed E-state index contributed by atoms with van der Waals surface area (Å²) in [6, 6.07) is 9.61. The number of benzene rings is 1. The summed E-state index contributed by atoms with van der Waals surface area (Å²) in [5.41, 5.74) is 2.48. The van der Waals surface area contributed by atoms with Crippen LogP contribution in [0.4, 0.5) is 0 Å². The number of methoxy groups -OCH3 is 1. The molecule has 0 saturated carbocycles. The molecule has 3 heteroatoms. The Morgan fingerprint density at radius 1 is 1.25 bits per heavy atom. The Balaban J connectivity index is 2.47. The van der Waals surface area contributed by atoms with E-state index in [2.05, 4.69) is 0 Å². The Kier molecular flexibility index (Phi) is 2.77. The zero-order valence-electron chi connectivity index (χ0n) is 9.31. The highest BCUT2D eigenvalue weighted by molar-refractivity contribution is 5.91. The van der Waals surface area contributed by atoms with Crippen LogP contribution in [0, 0.1) is 6.92 Å². The van der Waals surface area contributed by atoms with Crippen molar-refractivity contribution in [3.05, 3.63) is 53.9 Å². The second kappa shape index (κ2) is 4.23. The number of aromatic nitrogens is 1. The molecule has 1 aromatic heterocycles. The molecule has 1 heterocycles. The van der Waals surface area contributed by atoms with Gasteiger partial charge in [0.15, 0.2) is 0 Å². The summed E-state index contributed by atoms with van der Waals surface area (Å²) < 4.78 is 6.69. The van der Waals surface area contributed by atoms with Gasteiger partial charge in [-0.05, 0) is 36.8 Å². The van der Waals surface area contributed by atoms with E-state index in [1.165, 1.54) is 7.11 Å². The second-order valence-electron chi connectivity index (χ2n) is 3.58. The zero-order chi connectivity index (χ0) is 11.5. The maximum absolute atomic E-state index is 11.5. The Morgan fingerprint density at radius 3 is 2.56 bits per heavy atom. The van der Waals surface area contributed by atoms with Gasteiger partial charge in [0.25, 0.3) is 0 Å². The van der Waals surface area contributed by atoms with Gasteiger partial charge in [-0.1, -0.05) is 6.07 Å². The molecule has 1 aromatic carbocycles. The number of aryl methyl sites for hydroxylation is 1. The van der Waals surface area contributed by atoms with Crippen molar-refractivity contribution in [2.75, 3.05) is 7.11 Å². The van der Waals surface area contributed by atoms with E-state index in [1.54, 1.807) is 0 Å². The normalized spacial score (nSPS) is 10.1. The minimum absolute atomic E-state index is 0.300. The van der Waals surface area contributed by atoms with E-state index < -0.39 is 0 Å². The van der Waals surface area contributed by atoms with Gasteiger partial charge in [0.05, 0.1) is 12.7 Å². The number of hydrogen-bond donors (Lipinski definition) is 0. The molecule has 0 aliphatic heterocycles. The lowest BCUT2D eigenvalue weighted by Gasteiger charge is -2.08. The molecule has 0 radical (unpaired) electrons. The number of rotatable bonds is 2. The van der Waals surface area contributed by atoms with Gasteiger partial charge < -0.3 is 9.30 Å². The highest BCUT2D eigenvalue weighted by Gasteiger charge is 2.09. The van der Waals surface area contributed by atoms with E-state index in [1.807, 2.05) is 54.2 Å². The standard InChI is InChI=1S/C13H13NO2/c1-10-5-6-11(14-7-3-4-8-14)9-12(10)13(15)16-2/h3-9H,1-2H3. The number of carbonyl (C=O) groups is 1. The largest absolute Gasteiger partial charge is 0.465 e. The second-order valence-corrected chi connectivity index (χ2v) is 3.58. The number of hydrogen-bond acceptors (Lipinski definition) is 2. The van der Waals surface area contributed by atoms with Crippen LogP contribution in [0.3, 0.4) is 0 Å². The number of esters is 1. The molecule has 0 aliphatic carbocycles. The third kappa shape index (κ3) is 1.84. The van der Waals surface area contributed by atoms with E-state index in [0.717, 1.165) is 11.3 Å². The molecule has 0 atom stereocenters. The van der Waals surface area contributed by atoms with Crippen LogP contribution in [0.5, 0.6) is 0 Å². The number of nitrogens with zero attached hydrogens (tertiary/aromatic N) is 1. The maximum Gasteiger partial charge on any atom is 0.338 e. The van der Waals surface area contributed by atoms with Gasteiger partial charge in [-0.2, -0.15) is 0 Å². The van der Waals surface area contributed by atoms with Crippen molar-refractivity contribution >= 4 is 5.97 Å².